The minimum absolute atomic E-state index is 0.0163. The van der Waals surface area contributed by atoms with Crippen molar-refractivity contribution in [1.29, 1.82) is 0 Å². The van der Waals surface area contributed by atoms with Gasteiger partial charge in [-0.25, -0.2) is 0 Å². The molecule has 146 valence electrons. The molecule has 3 N–H and O–H groups in total. The topological polar surface area (TPSA) is 113 Å². The Hall–Kier alpha value is -2.28. The maximum absolute atomic E-state index is 11.4. The number of rotatable bonds is 8. The molecule has 0 aromatic heterocycles. The van der Waals surface area contributed by atoms with Crippen LogP contribution in [0.2, 0.25) is 0 Å². The predicted molar refractivity (Wildman–Crippen MR) is 95.0 cm³/mol. The summed E-state index contributed by atoms with van der Waals surface area (Å²) in [6.07, 6.45) is -0.339. The van der Waals surface area contributed by atoms with Gasteiger partial charge in [0.25, 0.3) is 0 Å². The van der Waals surface area contributed by atoms with E-state index in [4.69, 9.17) is 9.47 Å². The lowest BCUT2D eigenvalue weighted by Gasteiger charge is -2.32. The highest BCUT2D eigenvalue weighted by atomic mass is 16.6. The highest BCUT2D eigenvalue weighted by Crippen LogP contribution is 2.38. The van der Waals surface area contributed by atoms with E-state index in [0.717, 1.165) is 0 Å². The molecule has 2 atom stereocenters. The van der Waals surface area contributed by atoms with Crippen LogP contribution in [0.4, 0.5) is 0 Å². The third kappa shape index (κ3) is 6.55. The van der Waals surface area contributed by atoms with Crippen molar-refractivity contribution in [2.24, 2.45) is 0 Å². The van der Waals surface area contributed by atoms with E-state index in [1.54, 1.807) is 6.92 Å². The number of hydrogen-bond acceptors (Lipinski definition) is 7. The van der Waals surface area contributed by atoms with Gasteiger partial charge in [0.2, 0.25) is 0 Å². The predicted octanol–water partition coefficient (Wildman–Crippen LogP) is 2.54. The highest BCUT2D eigenvalue weighted by Gasteiger charge is 2.33. The van der Waals surface area contributed by atoms with E-state index in [-0.39, 0.29) is 24.5 Å². The van der Waals surface area contributed by atoms with Crippen LogP contribution in [-0.4, -0.2) is 45.6 Å². The van der Waals surface area contributed by atoms with Gasteiger partial charge in [0.1, 0.15) is 17.6 Å². The molecule has 1 aromatic rings. The number of aliphatic hydroxyl groups is 1. The second-order valence-corrected chi connectivity index (χ2v) is 7.01. The van der Waals surface area contributed by atoms with E-state index in [1.807, 2.05) is 0 Å². The number of aromatic hydroxyl groups is 2. The molecule has 0 spiro atoms. The largest absolute Gasteiger partial charge is 0.508 e. The molecular formula is C19H28O7. The van der Waals surface area contributed by atoms with Gasteiger partial charge in [-0.2, -0.15) is 0 Å². The molecule has 26 heavy (non-hydrogen) atoms. The molecule has 0 heterocycles. The fourth-order valence-electron chi connectivity index (χ4n) is 2.71. The molecule has 0 aliphatic rings. The summed E-state index contributed by atoms with van der Waals surface area (Å²) in [6.45, 7) is 7.34. The Morgan fingerprint density at radius 1 is 1.12 bits per heavy atom. The van der Waals surface area contributed by atoms with Crippen molar-refractivity contribution in [2.45, 2.75) is 65.1 Å². The molecule has 7 heteroatoms. The van der Waals surface area contributed by atoms with Crippen LogP contribution >= 0.6 is 0 Å². The quantitative estimate of drug-likeness (QED) is 0.477. The van der Waals surface area contributed by atoms with E-state index >= 15 is 0 Å². The molecule has 1 aromatic carbocycles. The van der Waals surface area contributed by atoms with Crippen molar-refractivity contribution in [2.75, 3.05) is 6.61 Å². The summed E-state index contributed by atoms with van der Waals surface area (Å²) in [7, 11) is 0. The average molecular weight is 368 g/mol. The minimum atomic E-state index is -1.31. The molecule has 0 amide bonds. The van der Waals surface area contributed by atoms with Crippen molar-refractivity contribution < 1.29 is 34.4 Å². The molecule has 0 unspecified atom stereocenters. The van der Waals surface area contributed by atoms with Gasteiger partial charge in [-0.05, 0) is 57.2 Å². The van der Waals surface area contributed by atoms with Gasteiger partial charge < -0.3 is 24.8 Å². The van der Waals surface area contributed by atoms with Gasteiger partial charge in [0, 0.05) is 19.4 Å². The number of phenolic OH excluding ortho intramolecular Hbond substituents is 2. The number of ether oxygens (including phenoxy) is 2. The lowest BCUT2D eigenvalue weighted by atomic mass is 9.84. The Bertz CT molecular complexity index is 646. The van der Waals surface area contributed by atoms with Crippen molar-refractivity contribution >= 4 is 11.9 Å². The molecular weight excluding hydrogens is 340 g/mol. The Labute approximate surface area is 153 Å². The normalized spacial score (nSPS) is 13.8. The fourth-order valence-corrected chi connectivity index (χ4v) is 2.71. The van der Waals surface area contributed by atoms with Crippen LogP contribution in [0.15, 0.2) is 12.1 Å². The van der Waals surface area contributed by atoms with Crippen LogP contribution in [0.1, 0.15) is 57.6 Å². The number of benzene rings is 1. The highest BCUT2D eigenvalue weighted by molar-refractivity contribution is 5.66. The molecule has 0 aliphatic heterocycles. The van der Waals surface area contributed by atoms with Crippen molar-refractivity contribution in [3.05, 3.63) is 23.3 Å². The van der Waals surface area contributed by atoms with Crippen LogP contribution in [0, 0.1) is 6.92 Å². The van der Waals surface area contributed by atoms with Gasteiger partial charge in [-0.1, -0.05) is 0 Å². The van der Waals surface area contributed by atoms with Crippen molar-refractivity contribution in [3.63, 3.8) is 0 Å². The van der Waals surface area contributed by atoms with Gasteiger partial charge in [0.15, 0.2) is 0 Å². The zero-order valence-electron chi connectivity index (χ0n) is 15.9. The summed E-state index contributed by atoms with van der Waals surface area (Å²) in [6, 6.07) is 2.88. The standard InChI is InChI=1S/C19H28O7/c1-11-8-17(23)15(10-16(11)22)14(6-7-25-12(2)20)9-18(19(4,5)24)26-13(3)21/h8,10,14,18,22-24H,6-7,9H2,1-5H3/t14-,18-/m0/s1. The molecule has 0 bridgehead atoms. The number of phenols is 2. The number of hydrogen-bond donors (Lipinski definition) is 3. The fraction of sp³-hybridized carbons (Fsp3) is 0.579. The van der Waals surface area contributed by atoms with Gasteiger partial charge in [0.05, 0.1) is 12.2 Å². The Kier molecular flexibility index (Phi) is 7.44. The zero-order chi connectivity index (χ0) is 20.1. The lowest BCUT2D eigenvalue weighted by Crippen LogP contribution is -2.40. The second kappa shape index (κ2) is 8.89. The summed E-state index contributed by atoms with van der Waals surface area (Å²) in [5.74, 6) is -1.39. The van der Waals surface area contributed by atoms with Crippen LogP contribution in [0.3, 0.4) is 0 Å². The van der Waals surface area contributed by atoms with Crippen LogP contribution in [0.25, 0.3) is 0 Å². The monoisotopic (exact) mass is 368 g/mol. The Morgan fingerprint density at radius 3 is 2.23 bits per heavy atom. The summed E-state index contributed by atoms with van der Waals surface area (Å²) in [5, 5.41) is 30.6. The van der Waals surface area contributed by atoms with E-state index in [2.05, 4.69) is 0 Å². The first-order valence-corrected chi connectivity index (χ1v) is 8.47. The minimum Gasteiger partial charge on any atom is -0.508 e. The SMILES string of the molecule is CC(=O)OCC[C@@H](C[C@H](OC(C)=O)C(C)(C)O)c1cc(O)c(C)cc1O. The summed E-state index contributed by atoms with van der Waals surface area (Å²) in [5.41, 5.74) is -0.362. The first-order valence-electron chi connectivity index (χ1n) is 8.47. The summed E-state index contributed by atoms with van der Waals surface area (Å²) in [4.78, 5) is 22.4. The van der Waals surface area contributed by atoms with E-state index < -0.39 is 29.6 Å². The number of carbonyl (C=O) groups excluding carboxylic acids is 2. The molecule has 0 radical (unpaired) electrons. The Balaban J connectivity index is 3.16. The lowest BCUT2D eigenvalue weighted by molar-refractivity contribution is -0.160. The smallest absolute Gasteiger partial charge is 0.303 e. The first kappa shape index (κ1) is 21.8. The van der Waals surface area contributed by atoms with E-state index in [1.165, 1.54) is 39.8 Å². The van der Waals surface area contributed by atoms with E-state index in [9.17, 15) is 24.9 Å². The maximum Gasteiger partial charge on any atom is 0.303 e. The summed E-state index contributed by atoms with van der Waals surface area (Å²) >= 11 is 0. The van der Waals surface area contributed by atoms with Crippen LogP contribution in [0.5, 0.6) is 11.5 Å². The maximum atomic E-state index is 11.4. The molecule has 0 aliphatic carbocycles. The number of aryl methyl sites for hydroxylation is 1. The summed E-state index contributed by atoms with van der Waals surface area (Å²) < 4.78 is 10.2. The van der Waals surface area contributed by atoms with Crippen LogP contribution in [-0.2, 0) is 19.1 Å². The molecule has 0 fully saturated rings. The van der Waals surface area contributed by atoms with Gasteiger partial charge >= 0.3 is 11.9 Å². The Morgan fingerprint density at radius 2 is 1.73 bits per heavy atom. The first-order chi connectivity index (χ1) is 11.9. The van der Waals surface area contributed by atoms with Crippen molar-refractivity contribution in [1.82, 2.24) is 0 Å². The molecule has 1 rings (SSSR count). The van der Waals surface area contributed by atoms with Crippen LogP contribution < -0.4 is 0 Å². The molecule has 7 nitrogen and oxygen atoms in total. The number of carbonyl (C=O) groups is 2. The van der Waals surface area contributed by atoms with Gasteiger partial charge in [-0.15, -0.1) is 0 Å². The van der Waals surface area contributed by atoms with Gasteiger partial charge in [-0.3, -0.25) is 9.59 Å². The second-order valence-electron chi connectivity index (χ2n) is 7.01. The third-order valence-electron chi connectivity index (χ3n) is 4.15. The van der Waals surface area contributed by atoms with E-state index in [0.29, 0.717) is 17.5 Å². The van der Waals surface area contributed by atoms with Crippen molar-refractivity contribution in [3.8, 4) is 11.5 Å². The zero-order valence-corrected chi connectivity index (χ0v) is 15.9. The third-order valence-corrected chi connectivity index (χ3v) is 4.15. The molecule has 0 saturated carbocycles. The number of esters is 2. The average Bonchev–Trinajstić information content (AvgIpc) is 2.47. The molecule has 0 saturated heterocycles.